The molecule has 0 atom stereocenters. The van der Waals surface area contributed by atoms with Gasteiger partial charge in [0.2, 0.25) is 0 Å². The molecule has 2 aromatic carbocycles. The second kappa shape index (κ2) is 6.59. The van der Waals surface area contributed by atoms with E-state index in [0.29, 0.717) is 10.4 Å². The Hall–Kier alpha value is -1.82. The van der Waals surface area contributed by atoms with Crippen molar-refractivity contribution in [3.05, 3.63) is 65.9 Å². The molecule has 4 rings (SSSR count). The van der Waals surface area contributed by atoms with Crippen LogP contribution in [0.5, 0.6) is 0 Å². The molecule has 0 fully saturated rings. The number of rotatable bonds is 2. The summed E-state index contributed by atoms with van der Waals surface area (Å²) in [6.45, 7) is 1.84. The minimum atomic E-state index is -3.57. The number of nitrogens with one attached hydrogen (secondary N) is 1. The fourth-order valence-electron chi connectivity index (χ4n) is 3.19. The number of hydrogen-bond donors (Lipinski definition) is 1. The molecule has 24 heavy (non-hydrogen) atoms. The normalized spacial score (nSPS) is 14.7. The van der Waals surface area contributed by atoms with Gasteiger partial charge in [-0.15, -0.1) is 12.4 Å². The maximum Gasteiger partial charge on any atom is 0.268 e. The molecule has 0 radical (unpaired) electrons. The summed E-state index contributed by atoms with van der Waals surface area (Å²) >= 11 is 0. The van der Waals surface area contributed by atoms with Gasteiger partial charge >= 0.3 is 0 Å². The van der Waals surface area contributed by atoms with Crippen LogP contribution in [-0.2, 0) is 22.9 Å². The van der Waals surface area contributed by atoms with Crippen molar-refractivity contribution in [3.63, 3.8) is 0 Å². The minimum absolute atomic E-state index is 0. The predicted octanol–water partition coefficient (Wildman–Crippen LogP) is 2.99. The summed E-state index contributed by atoms with van der Waals surface area (Å²) in [5.74, 6) is 0. The summed E-state index contributed by atoms with van der Waals surface area (Å²) in [6, 6.07) is 14.9. The van der Waals surface area contributed by atoms with E-state index in [2.05, 4.69) is 5.32 Å². The van der Waals surface area contributed by atoms with Crippen LogP contribution in [0, 0.1) is 0 Å². The zero-order valence-electron chi connectivity index (χ0n) is 13.1. The first kappa shape index (κ1) is 17.0. The Bertz CT molecular complexity index is 980. The third-order valence-electron chi connectivity index (χ3n) is 4.44. The van der Waals surface area contributed by atoms with E-state index >= 15 is 0 Å². The fourth-order valence-corrected chi connectivity index (χ4v) is 4.60. The highest BCUT2D eigenvalue weighted by Gasteiger charge is 2.20. The lowest BCUT2D eigenvalue weighted by Crippen LogP contribution is -2.16. The molecule has 1 N–H and O–H groups in total. The highest BCUT2D eigenvalue weighted by Crippen LogP contribution is 2.24. The molecule has 1 aliphatic heterocycles. The van der Waals surface area contributed by atoms with Gasteiger partial charge in [-0.2, -0.15) is 0 Å². The second-order valence-corrected chi connectivity index (χ2v) is 7.67. The molecular formula is C18H19ClN2O2S. The van der Waals surface area contributed by atoms with Crippen molar-refractivity contribution < 1.29 is 8.42 Å². The highest BCUT2D eigenvalue weighted by molar-refractivity contribution is 7.90. The van der Waals surface area contributed by atoms with Crippen LogP contribution in [0.4, 0.5) is 0 Å². The van der Waals surface area contributed by atoms with Gasteiger partial charge in [-0.3, -0.25) is 0 Å². The molecule has 0 unspecified atom stereocenters. The van der Waals surface area contributed by atoms with E-state index in [-0.39, 0.29) is 12.4 Å². The Kier molecular flexibility index (Phi) is 4.67. The zero-order chi connectivity index (χ0) is 15.9. The quantitative estimate of drug-likeness (QED) is 0.762. The number of halogens is 1. The van der Waals surface area contributed by atoms with E-state index in [0.717, 1.165) is 36.9 Å². The Labute approximate surface area is 148 Å². The van der Waals surface area contributed by atoms with E-state index in [9.17, 15) is 8.42 Å². The molecule has 0 saturated carbocycles. The van der Waals surface area contributed by atoms with Gasteiger partial charge in [0.1, 0.15) is 0 Å². The molecule has 1 aromatic heterocycles. The lowest BCUT2D eigenvalue weighted by Gasteiger charge is -2.11. The molecule has 3 aromatic rings. The first-order chi connectivity index (χ1) is 11.2. The average Bonchev–Trinajstić information content (AvgIpc) is 2.86. The first-order valence-corrected chi connectivity index (χ1v) is 9.24. The predicted molar refractivity (Wildman–Crippen MR) is 98.5 cm³/mol. The maximum absolute atomic E-state index is 13.0. The van der Waals surface area contributed by atoms with Crippen LogP contribution in [0.1, 0.15) is 11.1 Å². The summed E-state index contributed by atoms with van der Waals surface area (Å²) in [5.41, 5.74) is 3.09. The number of benzene rings is 2. The largest absolute Gasteiger partial charge is 0.316 e. The molecule has 6 heteroatoms. The monoisotopic (exact) mass is 362 g/mol. The topological polar surface area (TPSA) is 51.1 Å². The van der Waals surface area contributed by atoms with E-state index in [1.807, 2.05) is 42.5 Å². The Morgan fingerprint density at radius 1 is 0.917 bits per heavy atom. The summed E-state index contributed by atoms with van der Waals surface area (Å²) in [6.07, 6.45) is 3.44. The van der Waals surface area contributed by atoms with Crippen LogP contribution in [0.15, 0.2) is 59.6 Å². The van der Waals surface area contributed by atoms with Crippen LogP contribution in [0.25, 0.3) is 10.9 Å². The van der Waals surface area contributed by atoms with Gasteiger partial charge in [0.05, 0.1) is 10.4 Å². The van der Waals surface area contributed by atoms with Gasteiger partial charge in [0.15, 0.2) is 0 Å². The molecular weight excluding hydrogens is 344 g/mol. The Morgan fingerprint density at radius 2 is 1.67 bits per heavy atom. The average molecular weight is 363 g/mol. The molecule has 0 amide bonds. The van der Waals surface area contributed by atoms with Crippen molar-refractivity contribution in [2.45, 2.75) is 17.7 Å². The third kappa shape index (κ3) is 2.83. The van der Waals surface area contributed by atoms with Crippen molar-refractivity contribution in [1.29, 1.82) is 0 Å². The van der Waals surface area contributed by atoms with E-state index in [1.54, 1.807) is 12.3 Å². The molecule has 0 bridgehead atoms. The Balaban J connectivity index is 0.00000169. The van der Waals surface area contributed by atoms with Crippen LogP contribution >= 0.6 is 12.4 Å². The van der Waals surface area contributed by atoms with Gasteiger partial charge in [0, 0.05) is 11.6 Å². The number of aromatic nitrogens is 1. The molecule has 2 heterocycles. The molecule has 4 nitrogen and oxygen atoms in total. The summed E-state index contributed by atoms with van der Waals surface area (Å²) < 4.78 is 27.4. The van der Waals surface area contributed by atoms with Crippen LogP contribution in [0.3, 0.4) is 0 Å². The molecule has 0 spiro atoms. The number of hydrogen-bond acceptors (Lipinski definition) is 3. The van der Waals surface area contributed by atoms with Gasteiger partial charge in [-0.25, -0.2) is 12.4 Å². The van der Waals surface area contributed by atoms with Crippen LogP contribution < -0.4 is 5.32 Å². The fraction of sp³-hybridized carbons (Fsp3) is 0.222. The maximum atomic E-state index is 13.0. The van der Waals surface area contributed by atoms with E-state index in [4.69, 9.17) is 0 Å². The first-order valence-electron chi connectivity index (χ1n) is 7.80. The zero-order valence-corrected chi connectivity index (χ0v) is 14.7. The lowest BCUT2D eigenvalue weighted by atomic mass is 10.0. The molecule has 0 saturated heterocycles. The van der Waals surface area contributed by atoms with Crippen LogP contribution in [0.2, 0.25) is 0 Å². The lowest BCUT2D eigenvalue weighted by molar-refractivity contribution is 0.589. The van der Waals surface area contributed by atoms with Crippen molar-refractivity contribution in [3.8, 4) is 0 Å². The van der Waals surface area contributed by atoms with Crippen molar-refractivity contribution in [1.82, 2.24) is 9.29 Å². The summed E-state index contributed by atoms with van der Waals surface area (Å²) in [5, 5.41) is 4.28. The summed E-state index contributed by atoms with van der Waals surface area (Å²) in [4.78, 5) is 0.361. The van der Waals surface area contributed by atoms with Crippen molar-refractivity contribution in [2.24, 2.45) is 0 Å². The van der Waals surface area contributed by atoms with Gasteiger partial charge in [0.25, 0.3) is 10.0 Å². The molecule has 126 valence electrons. The Morgan fingerprint density at radius 3 is 2.50 bits per heavy atom. The number of para-hydroxylation sites is 1. The standard InChI is InChI=1S/C18H18N2O2S.ClH/c21-23(22,20-12-9-15-3-1-2-4-18(15)20)17-6-5-14-7-10-19-11-8-16(14)13-17;/h1-6,9,12-13,19H,7-8,10-11H2;1H. The van der Waals surface area contributed by atoms with Crippen LogP contribution in [-0.4, -0.2) is 25.5 Å². The molecule has 1 aliphatic rings. The smallest absolute Gasteiger partial charge is 0.268 e. The van der Waals surface area contributed by atoms with Gasteiger partial charge in [-0.1, -0.05) is 24.3 Å². The molecule has 0 aliphatic carbocycles. The van der Waals surface area contributed by atoms with E-state index in [1.165, 1.54) is 9.54 Å². The summed E-state index contributed by atoms with van der Waals surface area (Å²) in [7, 11) is -3.57. The number of nitrogens with zero attached hydrogens (tertiary/aromatic N) is 1. The van der Waals surface area contributed by atoms with E-state index < -0.39 is 10.0 Å². The van der Waals surface area contributed by atoms with Crippen molar-refractivity contribution in [2.75, 3.05) is 13.1 Å². The minimum Gasteiger partial charge on any atom is -0.316 e. The number of fused-ring (bicyclic) bond motifs is 2. The van der Waals surface area contributed by atoms with Gasteiger partial charge in [-0.05, 0) is 61.3 Å². The third-order valence-corrected chi connectivity index (χ3v) is 6.13. The second-order valence-electron chi connectivity index (χ2n) is 5.86. The van der Waals surface area contributed by atoms with Gasteiger partial charge < -0.3 is 5.32 Å². The highest BCUT2D eigenvalue weighted by atomic mass is 35.5. The van der Waals surface area contributed by atoms with Crippen molar-refractivity contribution >= 4 is 33.3 Å². The SMILES string of the molecule is Cl.O=S(=O)(c1ccc2c(c1)CCNCC2)n1ccc2ccccc21.